The lowest BCUT2D eigenvalue weighted by atomic mass is 9.99. The maximum Gasteiger partial charge on any atom is 0.321 e. The summed E-state index contributed by atoms with van der Waals surface area (Å²) in [5.74, 6) is -0.784. The number of aliphatic carboxylic acids is 1. The maximum atomic E-state index is 13.5. The largest absolute Gasteiger partial charge is 0.481 e. The minimum atomic E-state index is -0.784. The number of hydrogen-bond donors (Lipinski definition) is 2. The van der Waals surface area contributed by atoms with Gasteiger partial charge in [-0.05, 0) is 24.0 Å². The summed E-state index contributed by atoms with van der Waals surface area (Å²) in [4.78, 5) is 28.1. The number of fused-ring (bicyclic) bond motifs is 1. The molecule has 164 valence electrons. The summed E-state index contributed by atoms with van der Waals surface area (Å²) in [5, 5.41) is 19.9. The molecule has 0 radical (unpaired) electrons. The fraction of sp³-hybridized carbons (Fsp3) is 0.417. The third-order valence-electron chi connectivity index (χ3n) is 6.07. The van der Waals surface area contributed by atoms with E-state index in [2.05, 4.69) is 0 Å². The van der Waals surface area contributed by atoms with E-state index < -0.39 is 11.4 Å². The number of amides is 2. The third-order valence-corrected chi connectivity index (χ3v) is 7.49. The van der Waals surface area contributed by atoms with Gasteiger partial charge in [-0.2, -0.15) is 0 Å². The molecule has 0 aliphatic carbocycles. The van der Waals surface area contributed by atoms with E-state index in [-0.39, 0.29) is 29.8 Å². The molecule has 2 amide bonds. The summed E-state index contributed by atoms with van der Waals surface area (Å²) in [6.07, 6.45) is 2.32. The second-order valence-corrected chi connectivity index (χ2v) is 9.56. The Hall–Kier alpha value is -2.51. The molecule has 31 heavy (non-hydrogen) atoms. The average Bonchev–Trinajstić information content (AvgIpc) is 3.23. The van der Waals surface area contributed by atoms with E-state index in [1.807, 2.05) is 70.5 Å². The molecule has 2 aromatic rings. The van der Waals surface area contributed by atoms with E-state index >= 15 is 0 Å². The summed E-state index contributed by atoms with van der Waals surface area (Å²) in [6.45, 7) is 0.973. The lowest BCUT2D eigenvalue weighted by Crippen LogP contribution is -2.42. The van der Waals surface area contributed by atoms with Crippen LogP contribution in [-0.2, 0) is 17.9 Å². The van der Waals surface area contributed by atoms with Gasteiger partial charge < -0.3 is 20.0 Å². The van der Waals surface area contributed by atoms with Crippen molar-refractivity contribution in [3.05, 3.63) is 71.8 Å². The van der Waals surface area contributed by atoms with E-state index in [4.69, 9.17) is 5.11 Å². The number of carbonyl (C=O) groups is 2. The molecule has 2 N–H and O–H groups in total. The highest BCUT2D eigenvalue weighted by Gasteiger charge is 2.56. The zero-order valence-corrected chi connectivity index (χ0v) is 18.2. The number of urea groups is 1. The molecule has 2 aliphatic heterocycles. The minimum absolute atomic E-state index is 0.0439. The summed E-state index contributed by atoms with van der Waals surface area (Å²) >= 11 is 1.52. The monoisotopic (exact) mass is 440 g/mol. The van der Waals surface area contributed by atoms with E-state index in [0.29, 0.717) is 19.5 Å². The molecule has 4 rings (SSSR count). The fourth-order valence-corrected chi connectivity index (χ4v) is 6.24. The Balaban J connectivity index is 1.56. The number of aliphatic hydroxyl groups excluding tert-OH is 1. The van der Waals surface area contributed by atoms with Crippen molar-refractivity contribution in [1.82, 2.24) is 9.80 Å². The molecule has 2 saturated heterocycles. The molecule has 4 atom stereocenters. The van der Waals surface area contributed by atoms with Crippen molar-refractivity contribution in [2.24, 2.45) is 0 Å². The second kappa shape index (κ2) is 9.75. The van der Waals surface area contributed by atoms with Gasteiger partial charge >= 0.3 is 12.0 Å². The molecule has 0 bridgehead atoms. The molecule has 1 unspecified atom stereocenters. The van der Waals surface area contributed by atoms with E-state index in [1.54, 1.807) is 0 Å². The van der Waals surface area contributed by atoms with E-state index in [9.17, 15) is 14.7 Å². The van der Waals surface area contributed by atoms with Crippen LogP contribution in [0.25, 0.3) is 0 Å². The molecule has 0 spiro atoms. The second-order valence-electron chi connectivity index (χ2n) is 8.20. The summed E-state index contributed by atoms with van der Waals surface area (Å²) in [6, 6.07) is 19.4. The highest BCUT2D eigenvalue weighted by Crippen LogP contribution is 2.46. The standard InChI is InChI=1S/C24H28N2O4S/c27-20(28)14-8-7-13-19-21-22(23(29)31-19)26(16-18-11-5-2-6-12-18)24(30)25(21)15-17-9-3-1-4-10-17/h1-6,9-12,19,21-23,29H,7-8,13-16H2,(H,27,28)/t19-,21+,22+,23?/m1/s1. The Kier molecular flexibility index (Phi) is 6.83. The summed E-state index contributed by atoms with van der Waals surface area (Å²) in [5.41, 5.74) is 1.45. The predicted molar refractivity (Wildman–Crippen MR) is 120 cm³/mol. The van der Waals surface area contributed by atoms with Crippen LogP contribution in [0.5, 0.6) is 0 Å². The third kappa shape index (κ3) is 4.88. The van der Waals surface area contributed by atoms with Crippen LogP contribution in [0, 0.1) is 0 Å². The number of unbranched alkanes of at least 4 members (excludes halogenated alkanes) is 1. The first-order chi connectivity index (χ1) is 15.0. The van der Waals surface area contributed by atoms with Crippen molar-refractivity contribution < 1.29 is 19.8 Å². The lowest BCUT2D eigenvalue weighted by Gasteiger charge is -2.27. The van der Waals surface area contributed by atoms with Gasteiger partial charge in [0.2, 0.25) is 0 Å². The first-order valence-electron chi connectivity index (χ1n) is 10.7. The Bertz CT molecular complexity index is 895. The number of benzene rings is 2. The first kappa shape index (κ1) is 21.7. The van der Waals surface area contributed by atoms with Gasteiger partial charge in [0.1, 0.15) is 5.44 Å². The topological polar surface area (TPSA) is 81.1 Å². The smallest absolute Gasteiger partial charge is 0.321 e. The zero-order valence-electron chi connectivity index (χ0n) is 17.3. The molecule has 2 aromatic carbocycles. The van der Waals surface area contributed by atoms with Crippen molar-refractivity contribution >= 4 is 23.8 Å². The Morgan fingerprint density at radius 3 is 1.97 bits per heavy atom. The highest BCUT2D eigenvalue weighted by atomic mass is 32.2. The zero-order chi connectivity index (χ0) is 21.8. The Morgan fingerprint density at radius 2 is 1.42 bits per heavy atom. The van der Waals surface area contributed by atoms with Crippen LogP contribution in [0.2, 0.25) is 0 Å². The number of rotatable bonds is 9. The molecule has 0 aromatic heterocycles. The number of thioether (sulfide) groups is 1. The van der Waals surface area contributed by atoms with E-state index in [0.717, 1.165) is 24.0 Å². The number of nitrogens with zero attached hydrogens (tertiary/aromatic N) is 2. The Labute approximate surface area is 186 Å². The minimum Gasteiger partial charge on any atom is -0.481 e. The van der Waals surface area contributed by atoms with Crippen LogP contribution in [0.15, 0.2) is 60.7 Å². The van der Waals surface area contributed by atoms with Crippen LogP contribution in [0.3, 0.4) is 0 Å². The van der Waals surface area contributed by atoms with Crippen molar-refractivity contribution in [2.75, 3.05) is 0 Å². The molecule has 2 fully saturated rings. The van der Waals surface area contributed by atoms with E-state index in [1.165, 1.54) is 11.8 Å². The van der Waals surface area contributed by atoms with Crippen LogP contribution >= 0.6 is 11.8 Å². The number of hydrogen-bond acceptors (Lipinski definition) is 4. The van der Waals surface area contributed by atoms with Crippen molar-refractivity contribution in [1.29, 1.82) is 0 Å². The SMILES string of the molecule is O=C(O)CCCC[C@H]1SC(O)[C@@H]2[C@H]1N(Cc1ccccc1)C(=O)N2Cc1ccccc1. The molecule has 6 nitrogen and oxygen atoms in total. The molecular weight excluding hydrogens is 412 g/mol. The van der Waals surface area contributed by atoms with Crippen LogP contribution in [0.4, 0.5) is 4.79 Å². The normalized spacial score (nSPS) is 25.1. The van der Waals surface area contributed by atoms with Crippen LogP contribution in [-0.4, -0.2) is 54.8 Å². The summed E-state index contributed by atoms with van der Waals surface area (Å²) in [7, 11) is 0. The first-order valence-corrected chi connectivity index (χ1v) is 11.7. The van der Waals surface area contributed by atoms with Gasteiger partial charge in [-0.3, -0.25) is 4.79 Å². The molecule has 7 heteroatoms. The van der Waals surface area contributed by atoms with Crippen LogP contribution in [0.1, 0.15) is 36.8 Å². The quantitative estimate of drug-likeness (QED) is 0.456. The van der Waals surface area contributed by atoms with Crippen molar-refractivity contribution in [3.63, 3.8) is 0 Å². The van der Waals surface area contributed by atoms with Gasteiger partial charge in [0.05, 0.1) is 12.1 Å². The molecule has 0 saturated carbocycles. The number of aliphatic hydroxyl groups is 1. The molecule has 2 aliphatic rings. The molecular formula is C24H28N2O4S. The fourth-order valence-electron chi connectivity index (χ4n) is 4.64. The highest BCUT2D eigenvalue weighted by molar-refractivity contribution is 8.00. The van der Waals surface area contributed by atoms with Gasteiger partial charge in [-0.25, -0.2) is 4.79 Å². The van der Waals surface area contributed by atoms with Crippen molar-refractivity contribution in [3.8, 4) is 0 Å². The van der Waals surface area contributed by atoms with Gasteiger partial charge in [-0.1, -0.05) is 67.1 Å². The van der Waals surface area contributed by atoms with Gasteiger partial charge in [0.25, 0.3) is 0 Å². The van der Waals surface area contributed by atoms with Gasteiger partial charge in [0, 0.05) is 24.8 Å². The van der Waals surface area contributed by atoms with Crippen LogP contribution < -0.4 is 0 Å². The number of carboxylic acid groups (broad SMARTS) is 1. The Morgan fingerprint density at radius 1 is 0.871 bits per heavy atom. The molecule has 2 heterocycles. The predicted octanol–water partition coefficient (Wildman–Crippen LogP) is 3.94. The van der Waals surface area contributed by atoms with Crippen molar-refractivity contribution in [2.45, 2.75) is 61.5 Å². The summed E-state index contributed by atoms with van der Waals surface area (Å²) < 4.78 is 0. The average molecular weight is 441 g/mol. The number of carboxylic acids is 1. The maximum absolute atomic E-state index is 13.5. The number of carbonyl (C=O) groups excluding carboxylic acids is 1. The van der Waals surface area contributed by atoms with Gasteiger partial charge in [-0.15, -0.1) is 11.8 Å². The van der Waals surface area contributed by atoms with Gasteiger partial charge in [0.15, 0.2) is 0 Å². The lowest BCUT2D eigenvalue weighted by molar-refractivity contribution is -0.137.